The lowest BCUT2D eigenvalue weighted by Gasteiger charge is -2.28. The molecular formula is C19H21FN6O. The second kappa shape index (κ2) is 6.23. The summed E-state index contributed by atoms with van der Waals surface area (Å²) in [6.45, 7) is 0.411. The molecule has 3 aromatic rings. The van der Waals surface area contributed by atoms with E-state index in [-0.39, 0.29) is 18.9 Å². The van der Waals surface area contributed by atoms with Crippen LogP contribution in [0.3, 0.4) is 0 Å². The lowest BCUT2D eigenvalue weighted by molar-refractivity contribution is -0.00618. The van der Waals surface area contributed by atoms with Gasteiger partial charge in [-0.3, -0.25) is 0 Å². The van der Waals surface area contributed by atoms with Crippen molar-refractivity contribution in [1.29, 1.82) is 0 Å². The quantitative estimate of drug-likeness (QED) is 0.692. The number of nitrogens with zero attached hydrogens (tertiary/aromatic N) is 6. The van der Waals surface area contributed by atoms with Gasteiger partial charge in [0.15, 0.2) is 0 Å². The van der Waals surface area contributed by atoms with Crippen molar-refractivity contribution in [2.45, 2.75) is 56.2 Å². The molecular weight excluding hydrogens is 347 g/mol. The average molecular weight is 368 g/mol. The standard InChI is InChI=1S/C19H21FN6O/c20-16-7-5-15(6-8-16)19(27,11-25-9-17(21-23-25)13-1-2-13)12-26-10-18(22-24-26)14-3-4-14/h5-10,13-14,27H,1-4,11-12H2. The molecule has 0 aliphatic heterocycles. The Morgan fingerprint density at radius 2 is 1.37 bits per heavy atom. The van der Waals surface area contributed by atoms with E-state index in [1.165, 1.54) is 12.1 Å². The molecule has 0 saturated heterocycles. The van der Waals surface area contributed by atoms with Gasteiger partial charge in [0.1, 0.15) is 11.4 Å². The number of aromatic nitrogens is 6. The molecule has 0 amide bonds. The molecule has 1 N–H and O–H groups in total. The highest BCUT2D eigenvalue weighted by Crippen LogP contribution is 2.39. The number of hydrogen-bond acceptors (Lipinski definition) is 5. The van der Waals surface area contributed by atoms with E-state index in [4.69, 9.17) is 0 Å². The van der Waals surface area contributed by atoms with E-state index in [0.29, 0.717) is 17.4 Å². The minimum absolute atomic E-state index is 0.205. The zero-order chi connectivity index (χ0) is 18.4. The van der Waals surface area contributed by atoms with Crippen LogP contribution in [0.15, 0.2) is 36.7 Å². The SMILES string of the molecule is OC(Cn1cc(C2CC2)nn1)(Cn1cc(C2CC2)nn1)c1ccc(F)cc1. The number of hydrogen-bond donors (Lipinski definition) is 1. The van der Waals surface area contributed by atoms with Crippen molar-refractivity contribution < 1.29 is 9.50 Å². The molecule has 5 rings (SSSR count). The van der Waals surface area contributed by atoms with Crippen molar-refractivity contribution in [1.82, 2.24) is 30.0 Å². The first-order valence-corrected chi connectivity index (χ1v) is 9.37. The molecule has 0 bridgehead atoms. The Balaban J connectivity index is 1.44. The van der Waals surface area contributed by atoms with E-state index in [0.717, 1.165) is 37.1 Å². The van der Waals surface area contributed by atoms with Crippen molar-refractivity contribution in [2.75, 3.05) is 0 Å². The predicted octanol–water partition coefficient (Wildman–Crippen LogP) is 2.35. The molecule has 2 aromatic heterocycles. The van der Waals surface area contributed by atoms with E-state index >= 15 is 0 Å². The van der Waals surface area contributed by atoms with Gasteiger partial charge >= 0.3 is 0 Å². The summed E-state index contributed by atoms with van der Waals surface area (Å²) in [4.78, 5) is 0. The van der Waals surface area contributed by atoms with Gasteiger partial charge in [-0.1, -0.05) is 22.6 Å². The fraction of sp³-hybridized carbons (Fsp3) is 0.474. The fourth-order valence-electron chi connectivity index (χ4n) is 3.44. The molecule has 2 fully saturated rings. The first-order chi connectivity index (χ1) is 13.1. The summed E-state index contributed by atoms with van der Waals surface area (Å²) in [5.74, 6) is 0.651. The Morgan fingerprint density at radius 1 is 0.889 bits per heavy atom. The summed E-state index contributed by atoms with van der Waals surface area (Å²) < 4.78 is 16.7. The Kier molecular flexibility index (Phi) is 3.82. The second-order valence-corrected chi connectivity index (χ2v) is 7.77. The highest BCUT2D eigenvalue weighted by Gasteiger charge is 2.34. The molecule has 0 spiro atoms. The molecule has 0 radical (unpaired) electrons. The van der Waals surface area contributed by atoms with Gasteiger partial charge in [-0.15, -0.1) is 10.2 Å². The Morgan fingerprint density at radius 3 is 1.81 bits per heavy atom. The van der Waals surface area contributed by atoms with Gasteiger partial charge in [-0.25, -0.2) is 13.8 Å². The average Bonchev–Trinajstić information content (AvgIpc) is 3.59. The van der Waals surface area contributed by atoms with Crippen LogP contribution in [0, 0.1) is 5.82 Å². The van der Waals surface area contributed by atoms with E-state index in [1.807, 2.05) is 12.4 Å². The van der Waals surface area contributed by atoms with Crippen molar-refractivity contribution in [2.24, 2.45) is 0 Å². The van der Waals surface area contributed by atoms with Crippen LogP contribution in [-0.4, -0.2) is 35.1 Å². The third-order valence-electron chi connectivity index (χ3n) is 5.33. The van der Waals surface area contributed by atoms with Crippen LogP contribution in [0.5, 0.6) is 0 Å². The molecule has 27 heavy (non-hydrogen) atoms. The van der Waals surface area contributed by atoms with Gasteiger partial charge in [0, 0.05) is 24.2 Å². The molecule has 2 aliphatic rings. The van der Waals surface area contributed by atoms with Gasteiger partial charge in [0.2, 0.25) is 0 Å². The largest absolute Gasteiger partial charge is 0.381 e. The highest BCUT2D eigenvalue weighted by molar-refractivity contribution is 5.23. The van der Waals surface area contributed by atoms with Gasteiger partial charge in [-0.2, -0.15) is 0 Å². The maximum absolute atomic E-state index is 13.4. The number of aliphatic hydroxyl groups is 1. The van der Waals surface area contributed by atoms with Gasteiger partial charge in [0.25, 0.3) is 0 Å². The molecule has 1 aromatic carbocycles. The summed E-state index contributed by atoms with van der Waals surface area (Å²) in [6.07, 6.45) is 8.35. The smallest absolute Gasteiger partial charge is 0.129 e. The lowest BCUT2D eigenvalue weighted by Crippen LogP contribution is -2.36. The summed E-state index contributed by atoms with van der Waals surface area (Å²) >= 11 is 0. The Hall–Kier alpha value is -2.61. The maximum atomic E-state index is 13.4. The van der Waals surface area contributed by atoms with Crippen LogP contribution >= 0.6 is 0 Å². The monoisotopic (exact) mass is 368 g/mol. The minimum Gasteiger partial charge on any atom is -0.381 e. The van der Waals surface area contributed by atoms with Crippen molar-refractivity contribution in [3.05, 3.63) is 59.4 Å². The van der Waals surface area contributed by atoms with Gasteiger partial charge in [0.05, 0.1) is 24.5 Å². The Labute approximate surface area is 155 Å². The highest BCUT2D eigenvalue weighted by atomic mass is 19.1. The Bertz CT molecular complexity index is 889. The zero-order valence-corrected chi connectivity index (χ0v) is 14.9. The van der Waals surface area contributed by atoms with Crippen molar-refractivity contribution in [3.8, 4) is 0 Å². The second-order valence-electron chi connectivity index (χ2n) is 7.77. The first kappa shape index (κ1) is 16.6. The normalized spacial score (nSPS) is 17.4. The van der Waals surface area contributed by atoms with E-state index in [9.17, 15) is 9.50 Å². The van der Waals surface area contributed by atoms with E-state index in [2.05, 4.69) is 20.6 Å². The zero-order valence-electron chi connectivity index (χ0n) is 14.9. The van der Waals surface area contributed by atoms with E-state index in [1.54, 1.807) is 21.5 Å². The third kappa shape index (κ3) is 3.49. The molecule has 8 heteroatoms. The van der Waals surface area contributed by atoms with Crippen LogP contribution in [-0.2, 0) is 18.7 Å². The molecule has 0 unspecified atom stereocenters. The molecule has 2 heterocycles. The maximum Gasteiger partial charge on any atom is 0.129 e. The first-order valence-electron chi connectivity index (χ1n) is 9.37. The summed E-state index contributed by atoms with van der Waals surface area (Å²) in [5, 5.41) is 28.3. The lowest BCUT2D eigenvalue weighted by atomic mass is 9.93. The number of rotatable bonds is 7. The van der Waals surface area contributed by atoms with Gasteiger partial charge < -0.3 is 5.11 Å². The molecule has 2 aliphatic carbocycles. The number of benzene rings is 1. The van der Waals surface area contributed by atoms with Crippen LogP contribution in [0.2, 0.25) is 0 Å². The summed E-state index contributed by atoms with van der Waals surface area (Å²) in [5.41, 5.74) is 1.23. The third-order valence-corrected chi connectivity index (χ3v) is 5.33. The van der Waals surface area contributed by atoms with Crippen LogP contribution in [0.4, 0.5) is 4.39 Å². The molecule has 7 nitrogen and oxygen atoms in total. The van der Waals surface area contributed by atoms with E-state index < -0.39 is 5.60 Å². The van der Waals surface area contributed by atoms with Crippen LogP contribution < -0.4 is 0 Å². The molecule has 0 atom stereocenters. The van der Waals surface area contributed by atoms with Crippen LogP contribution in [0.1, 0.15) is 54.5 Å². The predicted molar refractivity (Wildman–Crippen MR) is 94.3 cm³/mol. The molecule has 140 valence electrons. The van der Waals surface area contributed by atoms with Crippen LogP contribution in [0.25, 0.3) is 0 Å². The van der Waals surface area contributed by atoms with Crippen molar-refractivity contribution >= 4 is 0 Å². The molecule has 2 saturated carbocycles. The topological polar surface area (TPSA) is 81.6 Å². The van der Waals surface area contributed by atoms with Gasteiger partial charge in [-0.05, 0) is 43.4 Å². The summed E-state index contributed by atoms with van der Waals surface area (Å²) in [6, 6.07) is 5.92. The minimum atomic E-state index is -1.31. The summed E-state index contributed by atoms with van der Waals surface area (Å²) in [7, 11) is 0. The van der Waals surface area contributed by atoms with Crippen molar-refractivity contribution in [3.63, 3.8) is 0 Å². The fourth-order valence-corrected chi connectivity index (χ4v) is 3.44. The number of halogens is 1.